The molecule has 108 valence electrons. The zero-order valence-corrected chi connectivity index (χ0v) is 11.5. The number of nitrogens with two attached hydrogens (primary N) is 1. The van der Waals surface area contributed by atoms with Gasteiger partial charge >= 0.3 is 6.09 Å². The Morgan fingerprint density at radius 3 is 2.80 bits per heavy atom. The van der Waals surface area contributed by atoms with Crippen molar-refractivity contribution in [3.63, 3.8) is 0 Å². The lowest BCUT2D eigenvalue weighted by molar-refractivity contribution is 0.157. The summed E-state index contributed by atoms with van der Waals surface area (Å²) in [6, 6.07) is 7.75. The third-order valence-corrected chi connectivity index (χ3v) is 4.11. The molecule has 0 heterocycles. The number of amides is 1. The van der Waals surface area contributed by atoms with Crippen LogP contribution in [-0.4, -0.2) is 40.0 Å². The lowest BCUT2D eigenvalue weighted by Crippen LogP contribution is -2.28. The quantitative estimate of drug-likeness (QED) is 0.684. The maximum absolute atomic E-state index is 12.0. The Morgan fingerprint density at radius 2 is 2.15 bits per heavy atom. The van der Waals surface area contributed by atoms with Crippen molar-refractivity contribution in [2.75, 3.05) is 25.4 Å². The molecule has 8 heteroatoms. The van der Waals surface area contributed by atoms with Gasteiger partial charge in [-0.15, -0.1) is 0 Å². The smallest absolute Gasteiger partial charge is 0.404 e. The van der Waals surface area contributed by atoms with E-state index in [-0.39, 0.29) is 23.8 Å². The Morgan fingerprint density at radius 1 is 1.40 bits per heavy atom. The number of ether oxygens (including phenoxy) is 1. The van der Waals surface area contributed by atoms with Crippen LogP contribution in [0.25, 0.3) is 0 Å². The number of nitrogens with one attached hydrogen (secondary N) is 1. The van der Waals surface area contributed by atoms with Crippen LogP contribution in [0.15, 0.2) is 29.2 Å². The van der Waals surface area contributed by atoms with Crippen LogP contribution in [0.3, 0.4) is 0 Å². The molecule has 1 amide bonds. The molecule has 0 fully saturated rings. The first-order valence-corrected chi connectivity index (χ1v) is 7.47. The molecule has 0 aromatic heterocycles. The fraction of sp³-hybridized carbons (Fsp3) is 0.333. The molecule has 1 aromatic rings. The van der Waals surface area contributed by atoms with Crippen LogP contribution in [0.2, 0.25) is 0 Å². The number of carbonyl (C=O) groups excluding carboxylic acids is 1. The minimum atomic E-state index is -3.44. The van der Waals surface area contributed by atoms with Gasteiger partial charge in [-0.25, -0.2) is 13.2 Å². The Kier molecular flexibility index (Phi) is 5.96. The molecule has 0 aliphatic heterocycles. The van der Waals surface area contributed by atoms with Gasteiger partial charge in [0, 0.05) is 13.1 Å². The van der Waals surface area contributed by atoms with Gasteiger partial charge in [0.2, 0.25) is 0 Å². The Hall–Kier alpha value is -2.11. The molecular weight excluding hydrogens is 282 g/mol. The van der Waals surface area contributed by atoms with Crippen LogP contribution in [-0.2, 0) is 14.6 Å². The van der Waals surface area contributed by atoms with Gasteiger partial charge in [-0.05, 0) is 18.2 Å². The molecule has 0 radical (unpaired) electrons. The highest BCUT2D eigenvalue weighted by molar-refractivity contribution is 7.91. The van der Waals surface area contributed by atoms with Crippen molar-refractivity contribution >= 4 is 15.9 Å². The summed E-state index contributed by atoms with van der Waals surface area (Å²) in [5, 5.41) is 11.6. The number of nitriles is 1. The maximum atomic E-state index is 12.0. The van der Waals surface area contributed by atoms with Crippen molar-refractivity contribution < 1.29 is 17.9 Å². The van der Waals surface area contributed by atoms with Gasteiger partial charge in [0.25, 0.3) is 0 Å². The molecule has 0 atom stereocenters. The summed E-state index contributed by atoms with van der Waals surface area (Å²) >= 11 is 0. The molecule has 0 spiro atoms. The predicted octanol–water partition coefficient (Wildman–Crippen LogP) is 0.0169. The predicted molar refractivity (Wildman–Crippen MR) is 71.6 cm³/mol. The molecule has 1 aromatic carbocycles. The topological polar surface area (TPSA) is 122 Å². The lowest BCUT2D eigenvalue weighted by atomic mass is 10.2. The van der Waals surface area contributed by atoms with E-state index >= 15 is 0 Å². The van der Waals surface area contributed by atoms with E-state index in [4.69, 9.17) is 11.0 Å². The van der Waals surface area contributed by atoms with E-state index in [1.54, 1.807) is 6.07 Å². The second kappa shape index (κ2) is 7.47. The second-order valence-electron chi connectivity index (χ2n) is 3.88. The summed E-state index contributed by atoms with van der Waals surface area (Å²) in [6.07, 6.45) is -0.868. The van der Waals surface area contributed by atoms with Crippen molar-refractivity contribution in [3.8, 4) is 6.07 Å². The SMILES string of the molecule is N#Cc1cccc(S(=O)(=O)CCNCCOC(N)=O)c1. The van der Waals surface area contributed by atoms with Gasteiger partial charge < -0.3 is 15.8 Å². The molecule has 0 saturated carbocycles. The van der Waals surface area contributed by atoms with E-state index < -0.39 is 15.9 Å². The van der Waals surface area contributed by atoms with Crippen molar-refractivity contribution in [3.05, 3.63) is 29.8 Å². The fourth-order valence-corrected chi connectivity index (χ4v) is 2.67. The number of primary amides is 1. The summed E-state index contributed by atoms with van der Waals surface area (Å²) in [6.45, 7) is 0.608. The van der Waals surface area contributed by atoms with Gasteiger partial charge in [0.05, 0.1) is 22.3 Å². The van der Waals surface area contributed by atoms with E-state index in [0.29, 0.717) is 12.1 Å². The Balaban J connectivity index is 2.46. The molecule has 3 N–H and O–H groups in total. The molecule has 0 saturated heterocycles. The first-order valence-electron chi connectivity index (χ1n) is 5.81. The van der Waals surface area contributed by atoms with Crippen molar-refractivity contribution in [2.24, 2.45) is 5.73 Å². The number of rotatable bonds is 7. The standard InChI is InChI=1S/C12H15N3O4S/c13-9-10-2-1-3-11(8-10)20(17,18)7-5-15-4-6-19-12(14)16/h1-3,8,15H,4-7H2,(H2,14,16). The summed E-state index contributed by atoms with van der Waals surface area (Å²) in [4.78, 5) is 10.4. The summed E-state index contributed by atoms with van der Waals surface area (Å²) in [5.41, 5.74) is 5.07. The molecule has 0 aliphatic carbocycles. The van der Waals surface area contributed by atoms with Gasteiger partial charge in [-0.3, -0.25) is 0 Å². The summed E-state index contributed by atoms with van der Waals surface area (Å²) < 4.78 is 28.5. The van der Waals surface area contributed by atoms with Crippen LogP contribution in [0.1, 0.15) is 5.56 Å². The van der Waals surface area contributed by atoms with Crippen LogP contribution in [0.4, 0.5) is 4.79 Å². The summed E-state index contributed by atoms with van der Waals surface area (Å²) in [5.74, 6) is -0.113. The van der Waals surface area contributed by atoms with Crippen molar-refractivity contribution in [2.45, 2.75) is 4.90 Å². The minimum Gasteiger partial charge on any atom is -0.448 e. The third-order valence-electron chi connectivity index (χ3n) is 2.39. The van der Waals surface area contributed by atoms with Gasteiger partial charge in [-0.1, -0.05) is 6.07 Å². The normalized spacial score (nSPS) is 10.8. The highest BCUT2D eigenvalue weighted by Gasteiger charge is 2.14. The fourth-order valence-electron chi connectivity index (χ4n) is 1.43. The molecule has 0 bridgehead atoms. The van der Waals surface area contributed by atoms with E-state index in [1.165, 1.54) is 18.2 Å². The largest absolute Gasteiger partial charge is 0.448 e. The number of benzene rings is 1. The Bertz CT molecular complexity index is 607. The molecule has 20 heavy (non-hydrogen) atoms. The van der Waals surface area contributed by atoms with Crippen LogP contribution in [0, 0.1) is 11.3 Å². The first kappa shape index (κ1) is 15.9. The summed E-state index contributed by atoms with van der Waals surface area (Å²) in [7, 11) is -3.44. The molecule has 7 nitrogen and oxygen atoms in total. The average Bonchev–Trinajstić information content (AvgIpc) is 2.42. The average molecular weight is 297 g/mol. The second-order valence-corrected chi connectivity index (χ2v) is 5.99. The number of nitrogens with zero attached hydrogens (tertiary/aromatic N) is 1. The number of carbonyl (C=O) groups is 1. The molecular formula is C12H15N3O4S. The number of sulfone groups is 1. The van der Waals surface area contributed by atoms with Crippen molar-refractivity contribution in [1.82, 2.24) is 5.32 Å². The zero-order valence-electron chi connectivity index (χ0n) is 10.7. The van der Waals surface area contributed by atoms with Gasteiger partial charge in [0.15, 0.2) is 9.84 Å². The van der Waals surface area contributed by atoms with Crippen LogP contribution < -0.4 is 11.1 Å². The van der Waals surface area contributed by atoms with E-state index in [2.05, 4.69) is 10.1 Å². The maximum Gasteiger partial charge on any atom is 0.404 e. The number of hydrogen-bond acceptors (Lipinski definition) is 6. The van der Waals surface area contributed by atoms with Gasteiger partial charge in [-0.2, -0.15) is 5.26 Å². The Labute approximate surface area is 117 Å². The van der Waals surface area contributed by atoms with E-state index in [1.807, 2.05) is 6.07 Å². The van der Waals surface area contributed by atoms with Crippen LogP contribution >= 0.6 is 0 Å². The van der Waals surface area contributed by atoms with E-state index in [9.17, 15) is 13.2 Å². The van der Waals surface area contributed by atoms with E-state index in [0.717, 1.165) is 0 Å². The zero-order chi connectivity index (χ0) is 15.0. The molecule has 1 rings (SSSR count). The van der Waals surface area contributed by atoms with Crippen molar-refractivity contribution in [1.29, 1.82) is 5.26 Å². The monoisotopic (exact) mass is 297 g/mol. The minimum absolute atomic E-state index is 0.0826. The third kappa shape index (κ3) is 5.26. The van der Waals surface area contributed by atoms with Gasteiger partial charge in [0.1, 0.15) is 6.61 Å². The molecule has 0 aliphatic rings. The number of hydrogen-bond donors (Lipinski definition) is 2. The highest BCUT2D eigenvalue weighted by Crippen LogP contribution is 2.12. The first-order chi connectivity index (χ1) is 9.45. The highest BCUT2D eigenvalue weighted by atomic mass is 32.2. The molecule has 0 unspecified atom stereocenters. The lowest BCUT2D eigenvalue weighted by Gasteiger charge is -2.06. The van der Waals surface area contributed by atoms with Crippen LogP contribution in [0.5, 0.6) is 0 Å².